The van der Waals surface area contributed by atoms with Gasteiger partial charge in [-0.1, -0.05) is 0 Å². The van der Waals surface area contributed by atoms with Crippen LogP contribution in [0.5, 0.6) is 11.5 Å². The average Bonchev–Trinajstić information content (AvgIpc) is 2.42. The normalized spacial score (nSPS) is 9.83. The van der Waals surface area contributed by atoms with Crippen LogP contribution in [0.1, 0.15) is 24.8 Å². The first-order valence-corrected chi connectivity index (χ1v) is 6.16. The van der Waals surface area contributed by atoms with E-state index in [1.807, 2.05) is 18.2 Å². The summed E-state index contributed by atoms with van der Waals surface area (Å²) in [7, 11) is 3.32. The molecule has 18 heavy (non-hydrogen) atoms. The molecule has 0 saturated heterocycles. The highest BCUT2D eigenvalue weighted by Crippen LogP contribution is 2.22. The van der Waals surface area contributed by atoms with Gasteiger partial charge in [-0.15, -0.1) is 12.3 Å². The van der Waals surface area contributed by atoms with Crippen molar-refractivity contribution in [1.82, 2.24) is 5.32 Å². The summed E-state index contributed by atoms with van der Waals surface area (Å²) in [5.41, 5.74) is 1.16. The third kappa shape index (κ3) is 5.11. The van der Waals surface area contributed by atoms with Gasteiger partial charge in [-0.3, -0.25) is 0 Å². The minimum Gasteiger partial charge on any atom is -0.497 e. The molecule has 0 heterocycles. The Bertz CT molecular complexity index is 374. The van der Waals surface area contributed by atoms with Crippen molar-refractivity contribution >= 4 is 0 Å². The SMILES string of the molecule is C#CCCCCNCc1cc(OC)cc(OC)c1. The molecule has 0 aromatic heterocycles. The molecule has 0 radical (unpaired) electrons. The first-order valence-electron chi connectivity index (χ1n) is 6.16. The first kappa shape index (κ1) is 14.4. The Morgan fingerprint density at radius 1 is 1.11 bits per heavy atom. The molecule has 0 spiro atoms. The molecule has 0 bridgehead atoms. The third-order valence-corrected chi connectivity index (χ3v) is 2.67. The molecule has 0 unspecified atom stereocenters. The van der Waals surface area contributed by atoms with E-state index in [1.165, 1.54) is 0 Å². The minimum absolute atomic E-state index is 0.809. The largest absolute Gasteiger partial charge is 0.497 e. The fraction of sp³-hybridized carbons (Fsp3) is 0.467. The molecular formula is C15H21NO2. The van der Waals surface area contributed by atoms with Crippen LogP contribution in [0.25, 0.3) is 0 Å². The van der Waals surface area contributed by atoms with Gasteiger partial charge >= 0.3 is 0 Å². The number of unbranched alkanes of at least 4 members (excludes halogenated alkanes) is 2. The molecular weight excluding hydrogens is 226 g/mol. The van der Waals surface area contributed by atoms with E-state index >= 15 is 0 Å². The number of rotatable bonds is 8. The molecule has 0 aliphatic carbocycles. The first-order chi connectivity index (χ1) is 8.80. The van der Waals surface area contributed by atoms with Crippen LogP contribution in [0.2, 0.25) is 0 Å². The molecule has 0 fully saturated rings. The molecule has 0 aliphatic rings. The van der Waals surface area contributed by atoms with Gasteiger partial charge in [-0.25, -0.2) is 0 Å². The Hall–Kier alpha value is -1.66. The molecule has 1 rings (SSSR count). The number of ether oxygens (including phenoxy) is 2. The second-order valence-electron chi connectivity index (χ2n) is 4.06. The molecule has 0 amide bonds. The van der Waals surface area contributed by atoms with E-state index < -0.39 is 0 Å². The predicted octanol–water partition coefficient (Wildman–Crippen LogP) is 2.60. The van der Waals surface area contributed by atoms with Crippen LogP contribution < -0.4 is 14.8 Å². The van der Waals surface area contributed by atoms with Gasteiger partial charge in [0.1, 0.15) is 11.5 Å². The quantitative estimate of drug-likeness (QED) is 0.566. The molecule has 3 nitrogen and oxygen atoms in total. The lowest BCUT2D eigenvalue weighted by molar-refractivity contribution is 0.393. The Morgan fingerprint density at radius 2 is 1.78 bits per heavy atom. The molecule has 98 valence electrons. The number of methoxy groups -OCH3 is 2. The average molecular weight is 247 g/mol. The zero-order valence-corrected chi connectivity index (χ0v) is 11.2. The van der Waals surface area contributed by atoms with Crippen molar-refractivity contribution in [3.05, 3.63) is 23.8 Å². The summed E-state index contributed by atoms with van der Waals surface area (Å²) in [5, 5.41) is 3.38. The Kier molecular flexibility index (Phi) is 6.75. The number of nitrogens with one attached hydrogen (secondary N) is 1. The molecule has 3 heteroatoms. The zero-order valence-electron chi connectivity index (χ0n) is 11.2. The number of benzene rings is 1. The summed E-state index contributed by atoms with van der Waals surface area (Å²) < 4.78 is 10.5. The maximum Gasteiger partial charge on any atom is 0.122 e. The van der Waals surface area contributed by atoms with Crippen molar-refractivity contribution in [2.75, 3.05) is 20.8 Å². The Balaban J connectivity index is 2.39. The second-order valence-corrected chi connectivity index (χ2v) is 4.06. The van der Waals surface area contributed by atoms with Crippen LogP contribution in [0.3, 0.4) is 0 Å². The highest BCUT2D eigenvalue weighted by atomic mass is 16.5. The second kappa shape index (κ2) is 8.43. The maximum absolute atomic E-state index is 5.23. The Labute approximate surface area is 109 Å². The van der Waals surface area contributed by atoms with Crippen LogP contribution in [0, 0.1) is 12.3 Å². The van der Waals surface area contributed by atoms with Gasteiger partial charge in [0.15, 0.2) is 0 Å². The molecule has 1 aromatic carbocycles. The van der Waals surface area contributed by atoms with Crippen molar-refractivity contribution in [3.8, 4) is 23.8 Å². The molecule has 0 aliphatic heterocycles. The van der Waals surface area contributed by atoms with E-state index in [1.54, 1.807) is 14.2 Å². The van der Waals surface area contributed by atoms with Crippen LogP contribution in [-0.2, 0) is 6.54 Å². The van der Waals surface area contributed by atoms with Crippen molar-refractivity contribution < 1.29 is 9.47 Å². The monoisotopic (exact) mass is 247 g/mol. The molecule has 1 aromatic rings. The van der Waals surface area contributed by atoms with E-state index in [9.17, 15) is 0 Å². The van der Waals surface area contributed by atoms with E-state index in [0.29, 0.717) is 0 Å². The van der Waals surface area contributed by atoms with Crippen LogP contribution >= 0.6 is 0 Å². The lowest BCUT2D eigenvalue weighted by Crippen LogP contribution is -2.14. The van der Waals surface area contributed by atoms with E-state index in [4.69, 9.17) is 15.9 Å². The van der Waals surface area contributed by atoms with Gasteiger partial charge in [0.2, 0.25) is 0 Å². The van der Waals surface area contributed by atoms with E-state index in [2.05, 4.69) is 11.2 Å². The standard InChI is InChI=1S/C15H21NO2/c1-4-5-6-7-8-16-12-13-9-14(17-2)11-15(10-13)18-3/h1,9-11,16H,5-8,12H2,2-3H3. The summed E-state index contributed by atoms with van der Waals surface area (Å²) in [5.74, 6) is 4.28. The molecule has 1 N–H and O–H groups in total. The van der Waals surface area contributed by atoms with Gasteiger partial charge in [-0.2, -0.15) is 0 Å². The molecule has 0 saturated carbocycles. The van der Waals surface area contributed by atoms with Crippen LogP contribution in [-0.4, -0.2) is 20.8 Å². The van der Waals surface area contributed by atoms with Crippen molar-refractivity contribution in [1.29, 1.82) is 0 Å². The third-order valence-electron chi connectivity index (χ3n) is 2.67. The van der Waals surface area contributed by atoms with Gasteiger partial charge in [0.05, 0.1) is 14.2 Å². The van der Waals surface area contributed by atoms with Gasteiger partial charge in [0, 0.05) is 19.0 Å². The van der Waals surface area contributed by atoms with E-state index in [0.717, 1.165) is 49.4 Å². The summed E-state index contributed by atoms with van der Waals surface area (Å²) >= 11 is 0. The maximum atomic E-state index is 5.23. The topological polar surface area (TPSA) is 30.5 Å². The number of hydrogen-bond acceptors (Lipinski definition) is 3. The fourth-order valence-corrected chi connectivity index (χ4v) is 1.68. The van der Waals surface area contributed by atoms with Gasteiger partial charge in [0.25, 0.3) is 0 Å². The predicted molar refractivity (Wildman–Crippen MR) is 73.9 cm³/mol. The Morgan fingerprint density at radius 3 is 2.33 bits per heavy atom. The highest BCUT2D eigenvalue weighted by Gasteiger charge is 2.01. The smallest absolute Gasteiger partial charge is 0.122 e. The minimum atomic E-state index is 0.809. The van der Waals surface area contributed by atoms with Gasteiger partial charge < -0.3 is 14.8 Å². The lowest BCUT2D eigenvalue weighted by Gasteiger charge is -2.09. The van der Waals surface area contributed by atoms with E-state index in [-0.39, 0.29) is 0 Å². The summed E-state index contributed by atoms with van der Waals surface area (Å²) in [6, 6.07) is 5.89. The highest BCUT2D eigenvalue weighted by molar-refractivity contribution is 5.38. The number of hydrogen-bond donors (Lipinski definition) is 1. The lowest BCUT2D eigenvalue weighted by atomic mass is 10.2. The fourth-order valence-electron chi connectivity index (χ4n) is 1.68. The van der Waals surface area contributed by atoms with Crippen molar-refractivity contribution in [3.63, 3.8) is 0 Å². The van der Waals surface area contributed by atoms with Crippen LogP contribution in [0.4, 0.5) is 0 Å². The molecule has 0 atom stereocenters. The van der Waals surface area contributed by atoms with Crippen molar-refractivity contribution in [2.45, 2.75) is 25.8 Å². The zero-order chi connectivity index (χ0) is 13.2. The summed E-state index contributed by atoms with van der Waals surface area (Å²) in [6.07, 6.45) is 8.23. The van der Waals surface area contributed by atoms with Gasteiger partial charge in [-0.05, 0) is 37.1 Å². The number of terminal acetylenes is 1. The van der Waals surface area contributed by atoms with Crippen LogP contribution in [0.15, 0.2) is 18.2 Å². The summed E-state index contributed by atoms with van der Waals surface area (Å²) in [4.78, 5) is 0. The summed E-state index contributed by atoms with van der Waals surface area (Å²) in [6.45, 7) is 1.78. The van der Waals surface area contributed by atoms with Crippen molar-refractivity contribution in [2.24, 2.45) is 0 Å².